The third-order valence-corrected chi connectivity index (χ3v) is 4.26. The molecule has 24 heavy (non-hydrogen) atoms. The molecule has 8 heteroatoms. The zero-order valence-corrected chi connectivity index (χ0v) is 13.2. The highest BCUT2D eigenvalue weighted by Crippen LogP contribution is 2.17. The highest BCUT2D eigenvalue weighted by molar-refractivity contribution is 5.46. The number of hydrogen-bond acceptors (Lipinski definition) is 6. The molecule has 0 bridgehead atoms. The van der Waals surface area contributed by atoms with E-state index in [1.165, 1.54) is 10.5 Å². The molecule has 4 rings (SSSR count). The molecule has 3 aromatic heterocycles. The minimum Gasteiger partial charge on any atom is -0.364 e. The van der Waals surface area contributed by atoms with Gasteiger partial charge in [0.05, 0.1) is 18.8 Å². The summed E-state index contributed by atoms with van der Waals surface area (Å²) in [6, 6.07) is 7.37. The quantitative estimate of drug-likeness (QED) is 0.738. The van der Waals surface area contributed by atoms with Gasteiger partial charge in [0.2, 0.25) is 0 Å². The fourth-order valence-electron chi connectivity index (χ4n) is 2.97. The molecular weight excluding hydrogens is 306 g/mol. The summed E-state index contributed by atoms with van der Waals surface area (Å²) in [7, 11) is 0. The number of pyridine rings is 1. The molecule has 0 aromatic carbocycles. The molecule has 0 amide bonds. The van der Waals surface area contributed by atoms with Crippen molar-refractivity contribution in [1.82, 2.24) is 29.7 Å². The van der Waals surface area contributed by atoms with Crippen LogP contribution in [0.3, 0.4) is 0 Å². The maximum absolute atomic E-state index is 12.1. The van der Waals surface area contributed by atoms with Gasteiger partial charge in [-0.2, -0.15) is 0 Å². The number of hydrogen-bond donors (Lipinski definition) is 2. The molecule has 0 spiro atoms. The van der Waals surface area contributed by atoms with Crippen LogP contribution in [0.15, 0.2) is 41.5 Å². The molecule has 1 aliphatic heterocycles. The van der Waals surface area contributed by atoms with Crippen LogP contribution in [0.1, 0.15) is 24.6 Å². The molecule has 8 nitrogen and oxygen atoms in total. The van der Waals surface area contributed by atoms with Crippen molar-refractivity contribution in [1.29, 1.82) is 0 Å². The van der Waals surface area contributed by atoms with Crippen LogP contribution in [-0.4, -0.2) is 37.5 Å². The summed E-state index contributed by atoms with van der Waals surface area (Å²) in [5, 5.41) is 14.9. The maximum Gasteiger partial charge on any atom is 0.259 e. The van der Waals surface area contributed by atoms with Crippen molar-refractivity contribution >= 4 is 11.5 Å². The molecular formula is C16H19N7O. The number of rotatable bonds is 4. The first-order chi connectivity index (χ1) is 11.8. The van der Waals surface area contributed by atoms with Gasteiger partial charge >= 0.3 is 0 Å². The van der Waals surface area contributed by atoms with Crippen molar-refractivity contribution in [2.75, 3.05) is 18.4 Å². The number of aromatic nitrogens is 5. The Kier molecular flexibility index (Phi) is 3.96. The number of anilines is 1. The second kappa shape index (κ2) is 6.40. The lowest BCUT2D eigenvalue weighted by Crippen LogP contribution is -2.29. The van der Waals surface area contributed by atoms with E-state index in [1.54, 1.807) is 12.3 Å². The predicted octanol–water partition coefficient (Wildman–Crippen LogP) is 0.823. The lowest BCUT2D eigenvalue weighted by molar-refractivity contribution is 0.337. The summed E-state index contributed by atoms with van der Waals surface area (Å²) in [4.78, 5) is 16.5. The smallest absolute Gasteiger partial charge is 0.259 e. The lowest BCUT2D eigenvalue weighted by atomic mass is 10.1. The number of fused-ring (bicyclic) bond motifs is 1. The Morgan fingerprint density at radius 3 is 3.04 bits per heavy atom. The summed E-state index contributed by atoms with van der Waals surface area (Å²) >= 11 is 0. The van der Waals surface area contributed by atoms with Crippen LogP contribution in [0.5, 0.6) is 0 Å². The van der Waals surface area contributed by atoms with Gasteiger partial charge in [-0.25, -0.2) is 9.67 Å². The van der Waals surface area contributed by atoms with Gasteiger partial charge < -0.3 is 10.6 Å². The Morgan fingerprint density at radius 1 is 1.29 bits per heavy atom. The van der Waals surface area contributed by atoms with Crippen LogP contribution >= 0.6 is 0 Å². The van der Waals surface area contributed by atoms with Gasteiger partial charge in [0.25, 0.3) is 5.56 Å². The maximum atomic E-state index is 12.1. The first kappa shape index (κ1) is 14.8. The SMILES string of the molecule is O=c1cc(NCc2cn(C3CCNCC3)nn2)nc2ccccn12. The predicted molar refractivity (Wildman–Crippen MR) is 90.0 cm³/mol. The molecule has 124 valence electrons. The van der Waals surface area contributed by atoms with Gasteiger partial charge in [0.15, 0.2) is 0 Å². The van der Waals surface area contributed by atoms with Crippen LogP contribution in [0, 0.1) is 0 Å². The molecule has 2 N–H and O–H groups in total. The number of piperidine rings is 1. The third-order valence-electron chi connectivity index (χ3n) is 4.26. The molecule has 1 fully saturated rings. The van der Waals surface area contributed by atoms with Gasteiger partial charge in [0.1, 0.15) is 17.2 Å². The molecule has 0 atom stereocenters. The van der Waals surface area contributed by atoms with Gasteiger partial charge in [-0.15, -0.1) is 5.10 Å². The molecule has 0 unspecified atom stereocenters. The molecule has 0 radical (unpaired) electrons. The van der Waals surface area contributed by atoms with Gasteiger partial charge in [-0.3, -0.25) is 9.20 Å². The number of nitrogens with zero attached hydrogens (tertiary/aromatic N) is 5. The highest BCUT2D eigenvalue weighted by Gasteiger charge is 2.16. The van der Waals surface area contributed by atoms with Crippen molar-refractivity contribution in [3.05, 3.63) is 52.7 Å². The van der Waals surface area contributed by atoms with E-state index in [4.69, 9.17) is 0 Å². The Morgan fingerprint density at radius 2 is 2.17 bits per heavy atom. The van der Waals surface area contributed by atoms with Crippen molar-refractivity contribution in [3.8, 4) is 0 Å². The highest BCUT2D eigenvalue weighted by atomic mass is 16.1. The monoisotopic (exact) mass is 325 g/mol. The van der Waals surface area contributed by atoms with Crippen molar-refractivity contribution in [2.24, 2.45) is 0 Å². The largest absolute Gasteiger partial charge is 0.364 e. The Bertz CT molecular complexity index is 895. The molecule has 3 aromatic rings. The van der Waals surface area contributed by atoms with Gasteiger partial charge in [0, 0.05) is 12.3 Å². The number of nitrogens with one attached hydrogen (secondary N) is 2. The second-order valence-electron chi connectivity index (χ2n) is 5.93. The van der Waals surface area contributed by atoms with Crippen molar-refractivity contribution in [2.45, 2.75) is 25.4 Å². The topological polar surface area (TPSA) is 89.1 Å². The van der Waals surface area contributed by atoms with E-state index in [9.17, 15) is 4.79 Å². The van der Waals surface area contributed by atoms with Crippen LogP contribution in [-0.2, 0) is 6.54 Å². The zero-order chi connectivity index (χ0) is 16.4. The minimum absolute atomic E-state index is 0.110. The van der Waals surface area contributed by atoms with Crippen molar-refractivity contribution in [3.63, 3.8) is 0 Å². The summed E-state index contributed by atoms with van der Waals surface area (Å²) < 4.78 is 3.46. The fraction of sp³-hybridized carbons (Fsp3) is 0.375. The van der Waals surface area contributed by atoms with E-state index >= 15 is 0 Å². The summed E-state index contributed by atoms with van der Waals surface area (Å²) in [6.45, 7) is 2.52. The Balaban J connectivity index is 1.47. The minimum atomic E-state index is -0.110. The Labute approximate surface area is 138 Å². The lowest BCUT2D eigenvalue weighted by Gasteiger charge is -2.22. The van der Waals surface area contributed by atoms with E-state index in [0.29, 0.717) is 24.1 Å². The second-order valence-corrected chi connectivity index (χ2v) is 5.93. The van der Waals surface area contributed by atoms with E-state index in [2.05, 4.69) is 25.9 Å². The normalized spacial score (nSPS) is 15.7. The first-order valence-corrected chi connectivity index (χ1v) is 8.13. The van der Waals surface area contributed by atoms with Crippen LogP contribution in [0.2, 0.25) is 0 Å². The van der Waals surface area contributed by atoms with E-state index in [0.717, 1.165) is 31.6 Å². The average Bonchev–Trinajstić information content (AvgIpc) is 3.10. The van der Waals surface area contributed by atoms with Crippen LogP contribution in [0.4, 0.5) is 5.82 Å². The van der Waals surface area contributed by atoms with Crippen molar-refractivity contribution < 1.29 is 0 Å². The molecule has 1 saturated heterocycles. The van der Waals surface area contributed by atoms with E-state index in [-0.39, 0.29) is 5.56 Å². The standard InChI is InChI=1S/C16H19N7O/c24-16-9-14(19-15-3-1-2-8-22(15)16)18-10-12-11-23(21-20-12)13-4-6-17-7-5-13/h1-3,8-9,11,13,17-18H,4-7,10H2. The fourth-order valence-corrected chi connectivity index (χ4v) is 2.97. The summed E-state index contributed by atoms with van der Waals surface area (Å²) in [5.74, 6) is 0.544. The third kappa shape index (κ3) is 3.00. The molecule has 1 aliphatic rings. The zero-order valence-electron chi connectivity index (χ0n) is 13.2. The van der Waals surface area contributed by atoms with E-state index < -0.39 is 0 Å². The summed E-state index contributed by atoms with van der Waals surface area (Å²) in [5.41, 5.74) is 1.34. The molecule has 0 aliphatic carbocycles. The summed E-state index contributed by atoms with van der Waals surface area (Å²) in [6.07, 6.45) is 5.81. The Hall–Kier alpha value is -2.74. The molecule has 0 saturated carbocycles. The van der Waals surface area contributed by atoms with Gasteiger partial charge in [-0.1, -0.05) is 11.3 Å². The average molecular weight is 325 g/mol. The van der Waals surface area contributed by atoms with Gasteiger partial charge in [-0.05, 0) is 38.1 Å². The van der Waals surface area contributed by atoms with Crippen LogP contribution < -0.4 is 16.2 Å². The van der Waals surface area contributed by atoms with E-state index in [1.807, 2.05) is 23.0 Å². The van der Waals surface area contributed by atoms with Crippen LogP contribution in [0.25, 0.3) is 5.65 Å². The first-order valence-electron chi connectivity index (χ1n) is 8.13. The molecule has 4 heterocycles.